The Morgan fingerprint density at radius 1 is 1.35 bits per heavy atom. The number of aryl methyl sites for hydroxylation is 1. The second-order valence-corrected chi connectivity index (χ2v) is 5.94. The molecule has 0 unspecified atom stereocenters. The summed E-state index contributed by atoms with van der Waals surface area (Å²) >= 11 is 1.65. The molecular weight excluding hydrogens is 273 g/mol. The van der Waals surface area contributed by atoms with E-state index in [4.69, 9.17) is 0 Å². The van der Waals surface area contributed by atoms with E-state index in [1.54, 1.807) is 17.4 Å². The number of benzene rings is 1. The third-order valence-corrected chi connectivity index (χ3v) is 4.48. The Kier molecular flexibility index (Phi) is 3.54. The maximum absolute atomic E-state index is 14.2. The van der Waals surface area contributed by atoms with Gasteiger partial charge in [0.1, 0.15) is 5.82 Å². The van der Waals surface area contributed by atoms with Gasteiger partial charge in [0, 0.05) is 27.7 Å². The van der Waals surface area contributed by atoms with Crippen LogP contribution in [0.3, 0.4) is 0 Å². The fourth-order valence-corrected chi connectivity index (χ4v) is 3.64. The lowest BCUT2D eigenvalue weighted by Crippen LogP contribution is -2.08. The summed E-state index contributed by atoms with van der Waals surface area (Å²) in [5, 5.41) is 8.29. The van der Waals surface area contributed by atoms with Crippen molar-refractivity contribution < 1.29 is 4.39 Å². The van der Waals surface area contributed by atoms with E-state index < -0.39 is 0 Å². The van der Waals surface area contributed by atoms with Gasteiger partial charge in [0.15, 0.2) is 0 Å². The fraction of sp³-hybridized carbons (Fsp3) is 0.267. The Morgan fingerprint density at radius 3 is 2.90 bits per heavy atom. The van der Waals surface area contributed by atoms with Crippen molar-refractivity contribution in [2.45, 2.75) is 20.0 Å². The number of halogens is 1. The van der Waals surface area contributed by atoms with Crippen LogP contribution in [0.4, 0.5) is 4.39 Å². The van der Waals surface area contributed by atoms with Crippen molar-refractivity contribution >= 4 is 21.4 Å². The van der Waals surface area contributed by atoms with Gasteiger partial charge in [0.05, 0.1) is 12.2 Å². The molecule has 0 saturated carbocycles. The molecule has 5 heteroatoms. The Bertz CT molecular complexity index is 745. The standard InChI is InChI=1S/C15H16FN3S/c1-10-6-7-19(18-10)9-11-14(8-17-2)20-13-5-3-4-12(16)15(11)13/h3-7,17H,8-9H2,1-2H3. The van der Waals surface area contributed by atoms with Gasteiger partial charge >= 0.3 is 0 Å². The molecule has 0 bridgehead atoms. The number of hydrogen-bond acceptors (Lipinski definition) is 3. The van der Waals surface area contributed by atoms with E-state index in [0.717, 1.165) is 27.9 Å². The lowest BCUT2D eigenvalue weighted by atomic mass is 10.1. The highest BCUT2D eigenvalue weighted by Gasteiger charge is 2.15. The van der Waals surface area contributed by atoms with Gasteiger partial charge in [-0.3, -0.25) is 4.68 Å². The minimum atomic E-state index is -0.153. The maximum atomic E-state index is 14.2. The van der Waals surface area contributed by atoms with E-state index >= 15 is 0 Å². The van der Waals surface area contributed by atoms with Crippen molar-refractivity contribution in [2.24, 2.45) is 0 Å². The predicted octanol–water partition coefficient (Wildman–Crippen LogP) is 3.31. The SMILES string of the molecule is CNCc1sc2cccc(F)c2c1Cn1ccc(C)n1. The minimum Gasteiger partial charge on any atom is -0.315 e. The highest BCUT2D eigenvalue weighted by molar-refractivity contribution is 7.19. The minimum absolute atomic E-state index is 0.153. The molecule has 1 aromatic carbocycles. The second-order valence-electron chi connectivity index (χ2n) is 4.80. The molecule has 3 rings (SSSR count). The summed E-state index contributed by atoms with van der Waals surface area (Å²) in [4.78, 5) is 1.17. The zero-order valence-corrected chi connectivity index (χ0v) is 12.3. The summed E-state index contributed by atoms with van der Waals surface area (Å²) in [6, 6.07) is 7.22. The van der Waals surface area contributed by atoms with Gasteiger partial charge in [0.2, 0.25) is 0 Å². The van der Waals surface area contributed by atoms with Crippen molar-refractivity contribution in [1.29, 1.82) is 0 Å². The van der Waals surface area contributed by atoms with Crippen LogP contribution in [0.25, 0.3) is 10.1 Å². The van der Waals surface area contributed by atoms with Crippen molar-refractivity contribution in [3.63, 3.8) is 0 Å². The summed E-state index contributed by atoms with van der Waals surface area (Å²) in [7, 11) is 1.91. The van der Waals surface area contributed by atoms with Crippen LogP contribution >= 0.6 is 11.3 Å². The molecule has 0 radical (unpaired) electrons. The lowest BCUT2D eigenvalue weighted by Gasteiger charge is -2.05. The first kappa shape index (κ1) is 13.3. The first-order chi connectivity index (χ1) is 9.69. The van der Waals surface area contributed by atoms with Crippen LogP contribution < -0.4 is 5.32 Å². The summed E-state index contributed by atoms with van der Waals surface area (Å²) in [5.74, 6) is -0.153. The number of rotatable bonds is 4. The topological polar surface area (TPSA) is 29.9 Å². The highest BCUT2D eigenvalue weighted by atomic mass is 32.1. The highest BCUT2D eigenvalue weighted by Crippen LogP contribution is 2.33. The Morgan fingerprint density at radius 2 is 2.20 bits per heavy atom. The number of fused-ring (bicyclic) bond motifs is 1. The molecule has 104 valence electrons. The van der Waals surface area contributed by atoms with Gasteiger partial charge in [-0.2, -0.15) is 5.10 Å². The first-order valence-corrected chi connectivity index (χ1v) is 7.34. The van der Waals surface area contributed by atoms with E-state index in [2.05, 4.69) is 10.4 Å². The quantitative estimate of drug-likeness (QED) is 0.798. The molecule has 2 aromatic heterocycles. The van der Waals surface area contributed by atoms with Crippen LogP contribution in [-0.4, -0.2) is 16.8 Å². The molecule has 0 spiro atoms. The van der Waals surface area contributed by atoms with Gasteiger partial charge in [0.25, 0.3) is 0 Å². The Hall–Kier alpha value is -1.72. The van der Waals surface area contributed by atoms with Crippen LogP contribution in [-0.2, 0) is 13.1 Å². The van der Waals surface area contributed by atoms with E-state index in [9.17, 15) is 4.39 Å². The Labute approximate surface area is 121 Å². The van der Waals surface area contributed by atoms with Gasteiger partial charge in [-0.1, -0.05) is 6.07 Å². The maximum Gasteiger partial charge on any atom is 0.132 e. The molecule has 0 aliphatic heterocycles. The number of aromatic nitrogens is 2. The zero-order chi connectivity index (χ0) is 14.1. The Balaban J connectivity index is 2.12. The third kappa shape index (κ3) is 2.34. The van der Waals surface area contributed by atoms with Gasteiger partial charge in [-0.15, -0.1) is 11.3 Å². The van der Waals surface area contributed by atoms with E-state index in [-0.39, 0.29) is 5.82 Å². The smallest absolute Gasteiger partial charge is 0.132 e. The summed E-state index contributed by atoms with van der Waals surface area (Å²) < 4.78 is 17.0. The molecule has 0 fully saturated rings. The molecule has 1 N–H and O–H groups in total. The van der Waals surface area contributed by atoms with Gasteiger partial charge in [-0.05, 0) is 37.7 Å². The first-order valence-electron chi connectivity index (χ1n) is 6.52. The van der Waals surface area contributed by atoms with E-state index in [0.29, 0.717) is 6.54 Å². The van der Waals surface area contributed by atoms with Gasteiger partial charge < -0.3 is 5.32 Å². The monoisotopic (exact) mass is 289 g/mol. The molecular formula is C15H16FN3S. The van der Waals surface area contributed by atoms with Crippen LogP contribution in [0.1, 0.15) is 16.1 Å². The van der Waals surface area contributed by atoms with E-state index in [1.807, 2.05) is 37.0 Å². The van der Waals surface area contributed by atoms with Gasteiger partial charge in [-0.25, -0.2) is 4.39 Å². The van der Waals surface area contributed by atoms with Crippen molar-refractivity contribution in [3.8, 4) is 0 Å². The summed E-state index contributed by atoms with van der Waals surface area (Å²) in [6.45, 7) is 3.30. The van der Waals surface area contributed by atoms with Crippen LogP contribution in [0.15, 0.2) is 30.5 Å². The van der Waals surface area contributed by atoms with Crippen molar-refractivity contribution in [2.75, 3.05) is 7.05 Å². The molecule has 3 nitrogen and oxygen atoms in total. The molecule has 2 heterocycles. The number of thiophene rings is 1. The molecule has 0 aliphatic rings. The number of hydrogen-bond donors (Lipinski definition) is 1. The fourth-order valence-electron chi connectivity index (χ4n) is 2.40. The molecule has 0 amide bonds. The molecule has 0 saturated heterocycles. The van der Waals surface area contributed by atoms with Crippen LogP contribution in [0, 0.1) is 12.7 Å². The largest absolute Gasteiger partial charge is 0.315 e. The van der Waals surface area contributed by atoms with E-state index in [1.165, 1.54) is 10.9 Å². The molecule has 0 atom stereocenters. The van der Waals surface area contributed by atoms with Crippen LogP contribution in [0.5, 0.6) is 0 Å². The lowest BCUT2D eigenvalue weighted by molar-refractivity contribution is 0.633. The number of nitrogens with one attached hydrogen (secondary N) is 1. The third-order valence-electron chi connectivity index (χ3n) is 3.28. The predicted molar refractivity (Wildman–Crippen MR) is 80.6 cm³/mol. The van der Waals surface area contributed by atoms with Crippen LogP contribution in [0.2, 0.25) is 0 Å². The number of nitrogens with zero attached hydrogens (tertiary/aromatic N) is 2. The average molecular weight is 289 g/mol. The summed E-state index contributed by atoms with van der Waals surface area (Å²) in [6.07, 6.45) is 1.93. The molecule has 20 heavy (non-hydrogen) atoms. The van der Waals surface area contributed by atoms with Crippen molar-refractivity contribution in [3.05, 3.63) is 52.4 Å². The molecule has 3 aromatic rings. The van der Waals surface area contributed by atoms with Crippen molar-refractivity contribution in [1.82, 2.24) is 15.1 Å². The summed E-state index contributed by atoms with van der Waals surface area (Å²) in [5.41, 5.74) is 2.00. The molecule has 0 aliphatic carbocycles. The average Bonchev–Trinajstić information content (AvgIpc) is 2.96. The second kappa shape index (κ2) is 5.34. The normalized spacial score (nSPS) is 11.3. The zero-order valence-electron chi connectivity index (χ0n) is 11.5.